The van der Waals surface area contributed by atoms with Crippen molar-refractivity contribution < 1.29 is 4.52 Å². The molecule has 0 bridgehead atoms. The first-order chi connectivity index (χ1) is 15.1. The van der Waals surface area contributed by atoms with E-state index in [4.69, 9.17) is 4.52 Å². The van der Waals surface area contributed by atoms with Gasteiger partial charge in [-0.05, 0) is 30.9 Å². The summed E-state index contributed by atoms with van der Waals surface area (Å²) in [5, 5.41) is 5.34. The lowest BCUT2D eigenvalue weighted by molar-refractivity contribution is 0.391. The fourth-order valence-electron chi connectivity index (χ4n) is 2.98. The van der Waals surface area contributed by atoms with Crippen LogP contribution in [-0.4, -0.2) is 30.9 Å². The molecule has 0 aliphatic rings. The number of hydrogen-bond acceptors (Lipinski definition) is 8. The first-order valence-electron chi connectivity index (χ1n) is 9.39. The van der Waals surface area contributed by atoms with Crippen molar-refractivity contribution in [1.82, 2.24) is 24.7 Å². The highest BCUT2D eigenvalue weighted by Gasteiger charge is 2.15. The molecule has 0 atom stereocenters. The number of nitrogens with one attached hydrogen (secondary N) is 1. The van der Waals surface area contributed by atoms with Crippen LogP contribution in [0.5, 0.6) is 0 Å². The molecule has 0 spiro atoms. The van der Waals surface area contributed by atoms with Gasteiger partial charge in [-0.3, -0.25) is 9.36 Å². The lowest BCUT2D eigenvalue weighted by atomic mass is 10.2. The third kappa shape index (κ3) is 4.64. The van der Waals surface area contributed by atoms with E-state index in [0.717, 1.165) is 16.2 Å². The van der Waals surface area contributed by atoms with E-state index < -0.39 is 5.69 Å². The predicted molar refractivity (Wildman–Crippen MR) is 120 cm³/mol. The van der Waals surface area contributed by atoms with Gasteiger partial charge in [0.2, 0.25) is 11.7 Å². The number of aromatic nitrogens is 5. The Bertz CT molecular complexity index is 1310. The van der Waals surface area contributed by atoms with Crippen LogP contribution in [0.15, 0.2) is 72.8 Å². The number of benzene rings is 1. The van der Waals surface area contributed by atoms with E-state index in [2.05, 4.69) is 20.1 Å². The van der Waals surface area contributed by atoms with Crippen molar-refractivity contribution in [2.75, 3.05) is 6.26 Å². The van der Waals surface area contributed by atoms with Gasteiger partial charge in [-0.1, -0.05) is 47.3 Å². The summed E-state index contributed by atoms with van der Waals surface area (Å²) >= 11 is 2.78. The molecule has 0 saturated carbocycles. The number of hydrogen-bond donors (Lipinski definition) is 1. The Labute approximate surface area is 186 Å². The summed E-state index contributed by atoms with van der Waals surface area (Å²) in [5.74, 6) is 1.17. The standard InChI is InChI=1S/C21H19N5O3S2/c1-13-18(24-21(28)26(20(13)27)11-14-7-4-3-5-8-14)31-12-16-23-17(25-29-16)15-9-6-10-22-19(15)30-2/h3-10H,11-12H2,1-2H3,(H,24,28). The fraction of sp³-hybridized carbons (Fsp3) is 0.190. The van der Waals surface area contributed by atoms with E-state index >= 15 is 0 Å². The maximum atomic E-state index is 12.8. The van der Waals surface area contributed by atoms with Gasteiger partial charge in [0.1, 0.15) is 5.03 Å². The highest BCUT2D eigenvalue weighted by Crippen LogP contribution is 2.27. The summed E-state index contributed by atoms with van der Waals surface area (Å²) in [4.78, 5) is 36.8. The Balaban J connectivity index is 1.53. The van der Waals surface area contributed by atoms with Gasteiger partial charge in [-0.15, -0.1) is 11.8 Å². The molecule has 0 radical (unpaired) electrons. The number of H-pyrrole nitrogens is 1. The molecular formula is C21H19N5O3S2. The van der Waals surface area contributed by atoms with E-state index in [-0.39, 0.29) is 12.1 Å². The van der Waals surface area contributed by atoms with Crippen molar-refractivity contribution in [1.29, 1.82) is 0 Å². The van der Waals surface area contributed by atoms with Crippen LogP contribution >= 0.6 is 23.5 Å². The van der Waals surface area contributed by atoms with Gasteiger partial charge >= 0.3 is 5.69 Å². The Morgan fingerprint density at radius 3 is 2.71 bits per heavy atom. The van der Waals surface area contributed by atoms with Gasteiger partial charge in [0.25, 0.3) is 5.56 Å². The molecular weight excluding hydrogens is 434 g/mol. The zero-order chi connectivity index (χ0) is 21.8. The van der Waals surface area contributed by atoms with E-state index in [9.17, 15) is 9.59 Å². The third-order valence-corrected chi connectivity index (χ3v) is 6.37. The minimum absolute atomic E-state index is 0.219. The highest BCUT2D eigenvalue weighted by molar-refractivity contribution is 7.98. The zero-order valence-electron chi connectivity index (χ0n) is 16.9. The first kappa shape index (κ1) is 21.1. The normalized spacial score (nSPS) is 11.0. The molecule has 31 heavy (non-hydrogen) atoms. The van der Waals surface area contributed by atoms with Gasteiger partial charge in [-0.25, -0.2) is 9.78 Å². The van der Waals surface area contributed by atoms with Crippen LogP contribution in [0.1, 0.15) is 17.0 Å². The molecule has 4 rings (SSSR count). The minimum Gasteiger partial charge on any atom is -0.338 e. The topological polar surface area (TPSA) is 107 Å². The average Bonchev–Trinajstić information content (AvgIpc) is 3.27. The second-order valence-electron chi connectivity index (χ2n) is 6.62. The van der Waals surface area contributed by atoms with Crippen molar-refractivity contribution in [3.63, 3.8) is 0 Å². The monoisotopic (exact) mass is 453 g/mol. The molecule has 3 aromatic heterocycles. The maximum Gasteiger partial charge on any atom is 0.329 e. The van der Waals surface area contributed by atoms with Gasteiger partial charge in [0.05, 0.1) is 22.9 Å². The van der Waals surface area contributed by atoms with Crippen LogP contribution in [0.3, 0.4) is 0 Å². The van der Waals surface area contributed by atoms with E-state index in [1.54, 1.807) is 13.1 Å². The highest BCUT2D eigenvalue weighted by atomic mass is 32.2. The lowest BCUT2D eigenvalue weighted by Crippen LogP contribution is -2.37. The SMILES string of the molecule is CSc1ncccc1-c1noc(CSc2[nH]c(=O)n(Cc3ccccc3)c(=O)c2C)n1. The van der Waals surface area contributed by atoms with Crippen molar-refractivity contribution >= 4 is 23.5 Å². The smallest absolute Gasteiger partial charge is 0.329 e. The number of rotatable bonds is 7. The van der Waals surface area contributed by atoms with E-state index in [0.29, 0.717) is 28.1 Å². The molecule has 0 saturated heterocycles. The van der Waals surface area contributed by atoms with Crippen molar-refractivity contribution in [3.05, 3.63) is 86.5 Å². The molecule has 0 aliphatic heterocycles. The van der Waals surface area contributed by atoms with Crippen LogP contribution in [0.2, 0.25) is 0 Å². The summed E-state index contributed by atoms with van der Waals surface area (Å²) in [6.07, 6.45) is 3.65. The average molecular weight is 454 g/mol. The van der Waals surface area contributed by atoms with Gasteiger partial charge in [0, 0.05) is 11.8 Å². The van der Waals surface area contributed by atoms with Crippen LogP contribution in [0, 0.1) is 6.92 Å². The number of aromatic amines is 1. The number of pyridine rings is 1. The van der Waals surface area contributed by atoms with Crippen molar-refractivity contribution in [2.24, 2.45) is 0 Å². The van der Waals surface area contributed by atoms with E-state index in [1.165, 1.54) is 28.1 Å². The molecule has 0 unspecified atom stereocenters. The Kier molecular flexibility index (Phi) is 6.38. The third-order valence-electron chi connectivity index (χ3n) is 4.57. The molecule has 0 aliphatic carbocycles. The summed E-state index contributed by atoms with van der Waals surface area (Å²) in [6, 6.07) is 13.1. The van der Waals surface area contributed by atoms with Crippen LogP contribution < -0.4 is 11.2 Å². The van der Waals surface area contributed by atoms with Crippen molar-refractivity contribution in [2.45, 2.75) is 29.3 Å². The zero-order valence-corrected chi connectivity index (χ0v) is 18.5. The minimum atomic E-state index is -0.451. The quantitative estimate of drug-likeness (QED) is 0.335. The first-order valence-corrected chi connectivity index (χ1v) is 11.6. The molecule has 0 fully saturated rings. The molecule has 158 valence electrons. The maximum absolute atomic E-state index is 12.8. The Morgan fingerprint density at radius 2 is 1.94 bits per heavy atom. The second-order valence-corrected chi connectivity index (χ2v) is 8.40. The van der Waals surface area contributed by atoms with E-state index in [1.807, 2.05) is 48.7 Å². The van der Waals surface area contributed by atoms with Gasteiger partial charge in [0.15, 0.2) is 0 Å². The lowest BCUT2D eigenvalue weighted by Gasteiger charge is -2.09. The van der Waals surface area contributed by atoms with Crippen LogP contribution in [0.4, 0.5) is 0 Å². The number of thioether (sulfide) groups is 2. The molecule has 4 aromatic rings. The van der Waals surface area contributed by atoms with Crippen molar-refractivity contribution in [3.8, 4) is 11.4 Å². The molecule has 0 amide bonds. The predicted octanol–water partition coefficient (Wildman–Crippen LogP) is 3.35. The molecule has 1 aromatic carbocycles. The Hall–Kier alpha value is -3.11. The molecule has 10 heteroatoms. The molecule has 1 N–H and O–H groups in total. The Morgan fingerprint density at radius 1 is 1.13 bits per heavy atom. The largest absolute Gasteiger partial charge is 0.338 e. The fourth-order valence-corrected chi connectivity index (χ4v) is 4.38. The molecule has 3 heterocycles. The second kappa shape index (κ2) is 9.36. The summed E-state index contributed by atoms with van der Waals surface area (Å²) in [6.45, 7) is 1.92. The summed E-state index contributed by atoms with van der Waals surface area (Å²) < 4.78 is 6.55. The number of nitrogens with zero attached hydrogens (tertiary/aromatic N) is 4. The van der Waals surface area contributed by atoms with Crippen LogP contribution in [-0.2, 0) is 12.3 Å². The summed E-state index contributed by atoms with van der Waals surface area (Å²) in [7, 11) is 0. The van der Waals surface area contributed by atoms with Crippen LogP contribution in [0.25, 0.3) is 11.4 Å². The van der Waals surface area contributed by atoms with Gasteiger partial charge in [-0.2, -0.15) is 4.98 Å². The van der Waals surface area contributed by atoms with Gasteiger partial charge < -0.3 is 9.51 Å². The molecule has 8 nitrogen and oxygen atoms in total. The summed E-state index contributed by atoms with van der Waals surface area (Å²) in [5.41, 5.74) is 1.38.